The average Bonchev–Trinajstić information content (AvgIpc) is 3.29. The Balaban J connectivity index is 1.55. The lowest BCUT2D eigenvalue weighted by Crippen LogP contribution is -2.33. The van der Waals surface area contributed by atoms with E-state index in [1.807, 2.05) is 30.3 Å². The summed E-state index contributed by atoms with van der Waals surface area (Å²) in [6.45, 7) is 1.88. The van der Waals surface area contributed by atoms with E-state index in [4.69, 9.17) is 14.3 Å². The first kappa shape index (κ1) is 23.1. The van der Waals surface area contributed by atoms with Crippen LogP contribution in [0.4, 0.5) is 5.82 Å². The summed E-state index contributed by atoms with van der Waals surface area (Å²) in [4.78, 5) is 20.0. The van der Waals surface area contributed by atoms with Gasteiger partial charge in [0.1, 0.15) is 24.5 Å². The Kier molecular flexibility index (Phi) is 6.77. The van der Waals surface area contributed by atoms with Crippen LogP contribution in [0, 0.1) is 0 Å². The number of aromatic nitrogens is 2. The quantitative estimate of drug-likeness (QED) is 0.328. The van der Waals surface area contributed by atoms with Gasteiger partial charge in [0.2, 0.25) is 5.71 Å². The Hall–Kier alpha value is -3.71. The van der Waals surface area contributed by atoms with E-state index in [9.17, 15) is 4.79 Å². The lowest BCUT2D eigenvalue weighted by Gasteiger charge is -2.29. The van der Waals surface area contributed by atoms with Crippen LogP contribution in [0.25, 0.3) is 33.6 Å². The molecular formula is C28H29N3O4. The number of rotatable bonds is 8. The third kappa shape index (κ3) is 5.05. The van der Waals surface area contributed by atoms with Crippen molar-refractivity contribution >= 4 is 22.9 Å². The van der Waals surface area contributed by atoms with Crippen LogP contribution >= 0.6 is 0 Å². The van der Waals surface area contributed by atoms with Gasteiger partial charge in [-0.05, 0) is 43.2 Å². The minimum atomic E-state index is -0.942. The van der Waals surface area contributed by atoms with Crippen molar-refractivity contribution in [3.8, 4) is 22.5 Å². The topological polar surface area (TPSA) is 97.5 Å². The standard InChI is InChI=1S/C28H29N3O4/c1-2-18-11-13-19(14-12-18)24-25-27(31-21-9-6-10-22(15-21)34-16-23(32)33)29-17-30-28(25)35-26(24)20-7-4-3-5-8-20/h3-5,7-8,11-14,17,21-22H,2,6,9-10,15-16H2,1H3,(H,32,33)(H,29,30,31)/t21-,22-/m0/s1. The molecule has 0 bridgehead atoms. The van der Waals surface area contributed by atoms with Gasteiger partial charge >= 0.3 is 5.97 Å². The van der Waals surface area contributed by atoms with Crippen LogP contribution in [-0.2, 0) is 16.0 Å². The third-order valence-corrected chi connectivity index (χ3v) is 6.58. The summed E-state index contributed by atoms with van der Waals surface area (Å²) >= 11 is 0. The maximum Gasteiger partial charge on any atom is 0.329 e. The van der Waals surface area contributed by atoms with Gasteiger partial charge in [0.05, 0.1) is 11.5 Å². The van der Waals surface area contributed by atoms with Crippen molar-refractivity contribution in [1.82, 2.24) is 9.97 Å². The van der Waals surface area contributed by atoms with Crippen LogP contribution in [0.1, 0.15) is 38.2 Å². The number of carboxylic acids is 1. The number of carbonyl (C=O) groups is 1. The number of aryl methyl sites for hydroxylation is 1. The molecule has 0 spiro atoms. The summed E-state index contributed by atoms with van der Waals surface area (Å²) < 4.78 is 11.9. The molecule has 4 aromatic rings. The lowest BCUT2D eigenvalue weighted by atomic mass is 9.92. The summed E-state index contributed by atoms with van der Waals surface area (Å²) in [5.74, 6) is 0.544. The molecule has 1 aliphatic carbocycles. The first-order valence-electron chi connectivity index (χ1n) is 12.1. The van der Waals surface area contributed by atoms with Crippen molar-refractivity contribution in [1.29, 1.82) is 0 Å². The molecule has 0 radical (unpaired) electrons. The van der Waals surface area contributed by atoms with Crippen LogP contribution in [0.5, 0.6) is 0 Å². The number of fused-ring (bicyclic) bond motifs is 1. The summed E-state index contributed by atoms with van der Waals surface area (Å²) in [5, 5.41) is 13.4. The predicted molar refractivity (Wildman–Crippen MR) is 135 cm³/mol. The molecule has 0 unspecified atom stereocenters. The average molecular weight is 472 g/mol. The SMILES string of the molecule is CCc1ccc(-c2c(-c3ccccc3)oc3ncnc(N[C@H]4CCC[C@H](OCC(=O)O)C4)c23)cc1. The fourth-order valence-electron chi connectivity index (χ4n) is 4.83. The Bertz CT molecular complexity index is 1300. The number of hydrogen-bond donors (Lipinski definition) is 2. The van der Waals surface area contributed by atoms with E-state index < -0.39 is 5.97 Å². The van der Waals surface area contributed by atoms with Crippen LogP contribution < -0.4 is 5.32 Å². The predicted octanol–water partition coefficient (Wildman–Crippen LogP) is 5.94. The van der Waals surface area contributed by atoms with Crippen molar-refractivity contribution in [3.63, 3.8) is 0 Å². The van der Waals surface area contributed by atoms with E-state index in [1.54, 1.807) is 0 Å². The lowest BCUT2D eigenvalue weighted by molar-refractivity contribution is -0.145. The number of ether oxygens (including phenoxy) is 1. The largest absolute Gasteiger partial charge is 0.480 e. The minimum absolute atomic E-state index is 0.0834. The van der Waals surface area contributed by atoms with Gasteiger partial charge in [0.15, 0.2) is 0 Å². The van der Waals surface area contributed by atoms with E-state index in [0.717, 1.165) is 65.8 Å². The Morgan fingerprint density at radius 2 is 1.89 bits per heavy atom. The normalized spacial score (nSPS) is 18.0. The fourth-order valence-corrected chi connectivity index (χ4v) is 4.83. The molecule has 1 saturated carbocycles. The molecule has 0 saturated heterocycles. The summed E-state index contributed by atoms with van der Waals surface area (Å²) in [6.07, 6.45) is 5.92. The van der Waals surface area contributed by atoms with Gasteiger partial charge in [-0.25, -0.2) is 14.8 Å². The molecule has 0 amide bonds. The highest BCUT2D eigenvalue weighted by atomic mass is 16.5. The molecule has 2 heterocycles. The molecule has 5 rings (SSSR count). The molecule has 7 nitrogen and oxygen atoms in total. The van der Waals surface area contributed by atoms with Crippen LogP contribution in [0.2, 0.25) is 0 Å². The molecule has 2 atom stereocenters. The summed E-state index contributed by atoms with van der Waals surface area (Å²) in [6, 6.07) is 18.7. The Morgan fingerprint density at radius 1 is 1.09 bits per heavy atom. The zero-order valence-electron chi connectivity index (χ0n) is 19.7. The van der Waals surface area contributed by atoms with Gasteiger partial charge in [-0.1, -0.05) is 61.5 Å². The van der Waals surface area contributed by atoms with E-state index in [0.29, 0.717) is 5.71 Å². The maximum atomic E-state index is 10.9. The number of benzene rings is 2. The molecule has 2 aromatic heterocycles. The number of furan rings is 1. The van der Waals surface area contributed by atoms with Gasteiger partial charge < -0.3 is 19.6 Å². The molecule has 2 aromatic carbocycles. The van der Waals surface area contributed by atoms with Crippen molar-refractivity contribution in [3.05, 3.63) is 66.5 Å². The van der Waals surface area contributed by atoms with E-state index in [2.05, 4.69) is 46.5 Å². The van der Waals surface area contributed by atoms with Crippen LogP contribution in [0.15, 0.2) is 65.3 Å². The van der Waals surface area contributed by atoms with Crippen LogP contribution in [0.3, 0.4) is 0 Å². The fraction of sp³-hybridized carbons (Fsp3) is 0.321. The van der Waals surface area contributed by atoms with Crippen molar-refractivity contribution in [2.45, 2.75) is 51.2 Å². The van der Waals surface area contributed by atoms with Crippen molar-refractivity contribution in [2.24, 2.45) is 0 Å². The number of nitrogens with zero attached hydrogens (tertiary/aromatic N) is 2. The zero-order chi connectivity index (χ0) is 24.2. The molecular weight excluding hydrogens is 442 g/mol. The zero-order valence-corrected chi connectivity index (χ0v) is 19.7. The second-order valence-corrected chi connectivity index (χ2v) is 8.96. The molecule has 35 heavy (non-hydrogen) atoms. The Labute approximate surface area is 204 Å². The van der Waals surface area contributed by atoms with E-state index >= 15 is 0 Å². The molecule has 1 aliphatic rings. The van der Waals surface area contributed by atoms with Crippen molar-refractivity contribution < 1.29 is 19.1 Å². The first-order chi connectivity index (χ1) is 17.1. The number of carboxylic acid groups (broad SMARTS) is 1. The van der Waals surface area contributed by atoms with Gasteiger partial charge in [0.25, 0.3) is 0 Å². The van der Waals surface area contributed by atoms with Gasteiger partial charge in [-0.2, -0.15) is 0 Å². The van der Waals surface area contributed by atoms with E-state index in [1.165, 1.54) is 11.9 Å². The molecule has 180 valence electrons. The smallest absolute Gasteiger partial charge is 0.329 e. The second kappa shape index (κ2) is 10.3. The van der Waals surface area contributed by atoms with Gasteiger partial charge in [-0.15, -0.1) is 0 Å². The number of nitrogens with one attached hydrogen (secondary N) is 1. The van der Waals surface area contributed by atoms with Crippen molar-refractivity contribution in [2.75, 3.05) is 11.9 Å². The van der Waals surface area contributed by atoms with Crippen LogP contribution in [-0.4, -0.2) is 39.8 Å². The monoisotopic (exact) mass is 471 g/mol. The Morgan fingerprint density at radius 3 is 2.63 bits per heavy atom. The molecule has 1 fully saturated rings. The minimum Gasteiger partial charge on any atom is -0.480 e. The first-order valence-corrected chi connectivity index (χ1v) is 12.1. The molecule has 7 heteroatoms. The van der Waals surface area contributed by atoms with Gasteiger partial charge in [-0.3, -0.25) is 0 Å². The third-order valence-electron chi connectivity index (χ3n) is 6.58. The second-order valence-electron chi connectivity index (χ2n) is 8.96. The number of hydrogen-bond acceptors (Lipinski definition) is 6. The highest BCUT2D eigenvalue weighted by molar-refractivity contribution is 6.05. The number of aliphatic carboxylic acids is 1. The molecule has 0 aliphatic heterocycles. The highest BCUT2D eigenvalue weighted by Gasteiger charge is 2.27. The summed E-state index contributed by atoms with van der Waals surface area (Å²) in [5.41, 5.74) is 4.79. The maximum absolute atomic E-state index is 10.9. The molecule has 2 N–H and O–H groups in total. The highest BCUT2D eigenvalue weighted by Crippen LogP contribution is 2.43. The summed E-state index contributed by atoms with van der Waals surface area (Å²) in [7, 11) is 0. The number of anilines is 1. The van der Waals surface area contributed by atoms with Gasteiger partial charge in [0, 0.05) is 17.2 Å². The van der Waals surface area contributed by atoms with E-state index in [-0.39, 0.29) is 18.8 Å².